The van der Waals surface area contributed by atoms with Crippen molar-refractivity contribution in [1.82, 2.24) is 25.6 Å². The Labute approximate surface area is 97.0 Å². The zero-order valence-electron chi connectivity index (χ0n) is 9.08. The number of tetrazole rings is 1. The van der Waals surface area contributed by atoms with Crippen LogP contribution in [-0.2, 0) is 4.79 Å². The standard InChI is InChI=1S/C10H10N6O/c1-7-3-2-4-8(11-7)5-6-9(17)12-10-13-15-16-14-10/h2-6H,1H3,(H2,12,13,14,15,16,17). The van der Waals surface area contributed by atoms with Crippen LogP contribution in [0.1, 0.15) is 11.4 Å². The van der Waals surface area contributed by atoms with Gasteiger partial charge in [-0.3, -0.25) is 15.1 Å². The van der Waals surface area contributed by atoms with Crippen LogP contribution in [0.4, 0.5) is 5.95 Å². The first kappa shape index (κ1) is 10.9. The summed E-state index contributed by atoms with van der Waals surface area (Å²) in [5, 5.41) is 15.2. The summed E-state index contributed by atoms with van der Waals surface area (Å²) in [7, 11) is 0. The lowest BCUT2D eigenvalue weighted by molar-refractivity contribution is -0.111. The number of aryl methyl sites for hydroxylation is 1. The van der Waals surface area contributed by atoms with Crippen molar-refractivity contribution in [3.63, 3.8) is 0 Å². The highest BCUT2D eigenvalue weighted by molar-refractivity contribution is 6.00. The summed E-state index contributed by atoms with van der Waals surface area (Å²) in [5.41, 5.74) is 1.61. The zero-order chi connectivity index (χ0) is 12.1. The summed E-state index contributed by atoms with van der Waals surface area (Å²) < 4.78 is 0. The zero-order valence-corrected chi connectivity index (χ0v) is 9.08. The number of aromatic amines is 1. The second-order valence-corrected chi connectivity index (χ2v) is 3.26. The molecule has 2 aromatic rings. The molecule has 2 aromatic heterocycles. The number of amides is 1. The van der Waals surface area contributed by atoms with Crippen molar-refractivity contribution in [2.45, 2.75) is 6.92 Å². The summed E-state index contributed by atoms with van der Waals surface area (Å²) in [5.74, 6) is -0.202. The number of anilines is 1. The number of hydrogen-bond donors (Lipinski definition) is 2. The molecule has 17 heavy (non-hydrogen) atoms. The minimum absolute atomic E-state index is 0.136. The molecule has 7 heteroatoms. The van der Waals surface area contributed by atoms with Gasteiger partial charge in [-0.1, -0.05) is 11.2 Å². The molecule has 0 aromatic carbocycles. The van der Waals surface area contributed by atoms with Gasteiger partial charge >= 0.3 is 0 Å². The van der Waals surface area contributed by atoms with E-state index < -0.39 is 0 Å². The molecule has 2 heterocycles. The van der Waals surface area contributed by atoms with E-state index in [1.54, 1.807) is 6.08 Å². The van der Waals surface area contributed by atoms with Crippen LogP contribution in [-0.4, -0.2) is 31.5 Å². The van der Waals surface area contributed by atoms with Gasteiger partial charge in [0.1, 0.15) is 0 Å². The molecular weight excluding hydrogens is 220 g/mol. The topological polar surface area (TPSA) is 96.5 Å². The van der Waals surface area contributed by atoms with Crippen molar-refractivity contribution in [1.29, 1.82) is 0 Å². The van der Waals surface area contributed by atoms with E-state index in [4.69, 9.17) is 0 Å². The Morgan fingerprint density at radius 1 is 1.47 bits per heavy atom. The molecule has 0 radical (unpaired) electrons. The molecule has 0 unspecified atom stereocenters. The molecule has 0 saturated carbocycles. The van der Waals surface area contributed by atoms with Gasteiger partial charge < -0.3 is 0 Å². The molecule has 1 amide bonds. The van der Waals surface area contributed by atoms with Crippen LogP contribution in [0.5, 0.6) is 0 Å². The average molecular weight is 230 g/mol. The van der Waals surface area contributed by atoms with Gasteiger partial charge in [0.05, 0.1) is 5.69 Å². The highest BCUT2D eigenvalue weighted by Crippen LogP contribution is 2.00. The molecular formula is C10H10N6O. The van der Waals surface area contributed by atoms with E-state index in [9.17, 15) is 4.79 Å². The van der Waals surface area contributed by atoms with Crippen LogP contribution in [0.25, 0.3) is 6.08 Å². The van der Waals surface area contributed by atoms with E-state index in [2.05, 4.69) is 30.9 Å². The molecule has 2 rings (SSSR count). The molecule has 86 valence electrons. The lowest BCUT2D eigenvalue weighted by Crippen LogP contribution is -2.09. The maximum absolute atomic E-state index is 11.4. The summed E-state index contributed by atoms with van der Waals surface area (Å²) in [4.78, 5) is 15.6. The third-order valence-corrected chi connectivity index (χ3v) is 1.90. The lowest BCUT2D eigenvalue weighted by Gasteiger charge is -1.95. The lowest BCUT2D eigenvalue weighted by atomic mass is 10.3. The first-order chi connectivity index (χ1) is 8.24. The number of aromatic nitrogens is 5. The van der Waals surface area contributed by atoms with Gasteiger partial charge in [0.25, 0.3) is 11.9 Å². The van der Waals surface area contributed by atoms with Crippen molar-refractivity contribution >= 4 is 17.9 Å². The van der Waals surface area contributed by atoms with Crippen LogP contribution < -0.4 is 5.32 Å². The Bertz CT molecular complexity index is 533. The molecule has 0 spiro atoms. The summed E-state index contributed by atoms with van der Waals surface area (Å²) in [6.45, 7) is 1.89. The van der Waals surface area contributed by atoms with Gasteiger partial charge in [-0.25, -0.2) is 0 Å². The fourth-order valence-electron chi connectivity index (χ4n) is 1.18. The number of carbonyl (C=O) groups is 1. The number of pyridine rings is 1. The summed E-state index contributed by atoms with van der Waals surface area (Å²) in [6, 6.07) is 5.57. The number of rotatable bonds is 3. The number of hydrogen-bond acceptors (Lipinski definition) is 5. The second-order valence-electron chi connectivity index (χ2n) is 3.26. The number of nitrogens with zero attached hydrogens (tertiary/aromatic N) is 4. The normalized spacial score (nSPS) is 10.6. The van der Waals surface area contributed by atoms with E-state index in [0.717, 1.165) is 5.69 Å². The van der Waals surface area contributed by atoms with E-state index >= 15 is 0 Å². The number of carbonyl (C=O) groups excluding carboxylic acids is 1. The van der Waals surface area contributed by atoms with Crippen LogP contribution >= 0.6 is 0 Å². The molecule has 0 aliphatic heterocycles. The summed E-state index contributed by atoms with van der Waals surface area (Å²) >= 11 is 0. The first-order valence-corrected chi connectivity index (χ1v) is 4.90. The van der Waals surface area contributed by atoms with Crippen molar-refractivity contribution in [2.24, 2.45) is 0 Å². The largest absolute Gasteiger partial charge is 0.288 e. The van der Waals surface area contributed by atoms with Gasteiger partial charge in [0.15, 0.2) is 0 Å². The Hall–Kier alpha value is -2.57. The van der Waals surface area contributed by atoms with Gasteiger partial charge in [-0.2, -0.15) is 5.21 Å². The molecule has 7 nitrogen and oxygen atoms in total. The van der Waals surface area contributed by atoms with Crippen LogP contribution in [0, 0.1) is 6.92 Å². The molecule has 0 fully saturated rings. The highest BCUT2D eigenvalue weighted by atomic mass is 16.1. The maximum Gasteiger partial charge on any atom is 0.270 e. The van der Waals surface area contributed by atoms with E-state index in [1.807, 2.05) is 25.1 Å². The Kier molecular flexibility index (Phi) is 3.20. The predicted molar refractivity (Wildman–Crippen MR) is 60.8 cm³/mol. The molecule has 0 aliphatic rings. The quantitative estimate of drug-likeness (QED) is 0.751. The molecule has 0 atom stereocenters. The minimum Gasteiger partial charge on any atom is -0.288 e. The van der Waals surface area contributed by atoms with Crippen LogP contribution in [0.3, 0.4) is 0 Å². The summed E-state index contributed by atoms with van der Waals surface area (Å²) in [6.07, 6.45) is 2.97. The number of nitrogens with one attached hydrogen (secondary N) is 2. The fourth-order valence-corrected chi connectivity index (χ4v) is 1.18. The Balaban J connectivity index is 1.99. The Morgan fingerprint density at radius 3 is 3.06 bits per heavy atom. The first-order valence-electron chi connectivity index (χ1n) is 4.90. The SMILES string of the molecule is Cc1cccc(C=CC(=O)Nc2nn[nH]n2)n1. The van der Waals surface area contributed by atoms with Crippen LogP contribution in [0.2, 0.25) is 0 Å². The smallest absolute Gasteiger partial charge is 0.270 e. The minimum atomic E-state index is -0.338. The molecule has 0 aliphatic carbocycles. The van der Waals surface area contributed by atoms with Gasteiger partial charge in [0.2, 0.25) is 0 Å². The third-order valence-electron chi connectivity index (χ3n) is 1.90. The van der Waals surface area contributed by atoms with Gasteiger partial charge in [0, 0.05) is 11.8 Å². The van der Waals surface area contributed by atoms with Crippen LogP contribution in [0.15, 0.2) is 24.3 Å². The Morgan fingerprint density at radius 2 is 2.35 bits per heavy atom. The van der Waals surface area contributed by atoms with E-state index in [-0.39, 0.29) is 11.9 Å². The molecule has 2 N–H and O–H groups in total. The average Bonchev–Trinajstić information content (AvgIpc) is 2.79. The monoisotopic (exact) mass is 230 g/mol. The van der Waals surface area contributed by atoms with Crippen molar-refractivity contribution in [3.05, 3.63) is 35.7 Å². The molecule has 0 saturated heterocycles. The second kappa shape index (κ2) is 4.97. The van der Waals surface area contributed by atoms with Gasteiger partial charge in [-0.05, 0) is 30.3 Å². The fraction of sp³-hybridized carbons (Fsp3) is 0.100. The molecule has 0 bridgehead atoms. The highest BCUT2D eigenvalue weighted by Gasteiger charge is 2.00. The predicted octanol–water partition coefficient (Wildman–Crippen LogP) is 0.555. The van der Waals surface area contributed by atoms with E-state index in [1.165, 1.54) is 6.08 Å². The van der Waals surface area contributed by atoms with Crippen molar-refractivity contribution in [3.8, 4) is 0 Å². The van der Waals surface area contributed by atoms with Crippen molar-refractivity contribution < 1.29 is 4.79 Å². The third kappa shape index (κ3) is 3.20. The van der Waals surface area contributed by atoms with Gasteiger partial charge in [-0.15, -0.1) is 5.10 Å². The number of H-pyrrole nitrogens is 1. The van der Waals surface area contributed by atoms with E-state index in [0.29, 0.717) is 5.69 Å². The maximum atomic E-state index is 11.4. The van der Waals surface area contributed by atoms with Crippen molar-refractivity contribution in [2.75, 3.05) is 5.32 Å².